The molecule has 0 saturated heterocycles. The topological polar surface area (TPSA) is 26.0 Å². The van der Waals surface area contributed by atoms with Crippen LogP contribution in [-0.2, 0) is 6.42 Å². The Morgan fingerprint density at radius 3 is 2.68 bits per heavy atom. The summed E-state index contributed by atoms with van der Waals surface area (Å²) >= 11 is 7.62. The lowest BCUT2D eigenvalue weighted by Crippen LogP contribution is -2.14. The van der Waals surface area contributed by atoms with Crippen molar-refractivity contribution in [2.45, 2.75) is 17.4 Å². The maximum atomic E-state index is 13.4. The Hall–Kier alpha value is -1.03. The van der Waals surface area contributed by atoms with E-state index in [1.807, 2.05) is 36.6 Å². The van der Waals surface area contributed by atoms with Crippen LogP contribution >= 0.6 is 23.4 Å². The lowest BCUT2D eigenvalue weighted by atomic mass is 9.99. The first-order valence-corrected chi connectivity index (χ1v) is 7.55. The monoisotopic (exact) mass is 295 g/mol. The molecule has 0 aromatic heterocycles. The van der Waals surface area contributed by atoms with Gasteiger partial charge in [-0.05, 0) is 35.9 Å². The molecule has 4 heteroatoms. The Kier molecular flexibility index (Phi) is 4.86. The van der Waals surface area contributed by atoms with Crippen LogP contribution in [0.1, 0.15) is 17.2 Å². The molecule has 0 radical (unpaired) electrons. The van der Waals surface area contributed by atoms with Gasteiger partial charge in [0.15, 0.2) is 0 Å². The van der Waals surface area contributed by atoms with Crippen molar-refractivity contribution in [3.8, 4) is 0 Å². The van der Waals surface area contributed by atoms with Crippen molar-refractivity contribution in [3.63, 3.8) is 0 Å². The van der Waals surface area contributed by atoms with Crippen LogP contribution < -0.4 is 5.73 Å². The number of halogens is 2. The second kappa shape index (κ2) is 6.42. The van der Waals surface area contributed by atoms with Gasteiger partial charge < -0.3 is 5.73 Å². The van der Waals surface area contributed by atoms with Crippen LogP contribution in [0.4, 0.5) is 4.39 Å². The van der Waals surface area contributed by atoms with E-state index in [0.29, 0.717) is 6.42 Å². The molecule has 2 N–H and O–H groups in total. The summed E-state index contributed by atoms with van der Waals surface area (Å²) in [5, 5.41) is 0.166. The first kappa shape index (κ1) is 14.4. The second-order valence-corrected chi connectivity index (χ2v) is 5.49. The first-order chi connectivity index (χ1) is 9.13. The molecule has 0 amide bonds. The van der Waals surface area contributed by atoms with E-state index in [1.165, 1.54) is 6.07 Å². The zero-order valence-corrected chi connectivity index (χ0v) is 12.1. The van der Waals surface area contributed by atoms with E-state index in [4.69, 9.17) is 17.3 Å². The lowest BCUT2D eigenvalue weighted by molar-refractivity contribution is 0.622. The summed E-state index contributed by atoms with van der Waals surface area (Å²) in [6.45, 7) is 0. The third kappa shape index (κ3) is 3.30. The minimum atomic E-state index is -0.399. The van der Waals surface area contributed by atoms with E-state index in [2.05, 4.69) is 0 Å². The van der Waals surface area contributed by atoms with Crippen molar-refractivity contribution in [3.05, 3.63) is 64.4 Å². The minimum absolute atomic E-state index is 0.166. The van der Waals surface area contributed by atoms with E-state index in [9.17, 15) is 4.39 Å². The Morgan fingerprint density at radius 2 is 1.95 bits per heavy atom. The van der Waals surface area contributed by atoms with Gasteiger partial charge in [-0.15, -0.1) is 11.8 Å². The van der Waals surface area contributed by atoms with Crippen LogP contribution in [0.2, 0.25) is 5.02 Å². The highest BCUT2D eigenvalue weighted by Gasteiger charge is 2.14. The molecule has 0 aliphatic heterocycles. The maximum absolute atomic E-state index is 13.4. The Morgan fingerprint density at radius 1 is 1.21 bits per heavy atom. The highest BCUT2D eigenvalue weighted by atomic mass is 35.5. The molecule has 100 valence electrons. The van der Waals surface area contributed by atoms with Crippen LogP contribution in [0, 0.1) is 5.82 Å². The second-order valence-electron chi connectivity index (χ2n) is 4.27. The fourth-order valence-electron chi connectivity index (χ4n) is 2.03. The predicted octanol–water partition coefficient (Wildman–Crippen LogP) is 4.44. The average molecular weight is 296 g/mol. The van der Waals surface area contributed by atoms with Crippen LogP contribution in [0.25, 0.3) is 0 Å². The van der Waals surface area contributed by atoms with E-state index in [-0.39, 0.29) is 11.1 Å². The van der Waals surface area contributed by atoms with E-state index >= 15 is 0 Å². The fourth-order valence-corrected chi connectivity index (χ4v) is 2.90. The molecule has 19 heavy (non-hydrogen) atoms. The zero-order chi connectivity index (χ0) is 13.8. The summed E-state index contributed by atoms with van der Waals surface area (Å²) in [5.74, 6) is -0.399. The van der Waals surface area contributed by atoms with Crippen molar-refractivity contribution >= 4 is 23.4 Å². The van der Waals surface area contributed by atoms with Crippen LogP contribution in [0.5, 0.6) is 0 Å². The average Bonchev–Trinajstić information content (AvgIpc) is 2.43. The maximum Gasteiger partial charge on any atom is 0.142 e. The van der Waals surface area contributed by atoms with E-state index in [1.54, 1.807) is 17.8 Å². The standard InChI is InChI=1S/C15H15ClFNS/c1-19-14-8-3-2-6-11(14)13(18)9-10-5-4-7-12(17)15(10)16/h2-8,13H,9,18H2,1H3. The van der Waals surface area contributed by atoms with Crippen molar-refractivity contribution in [2.24, 2.45) is 5.73 Å². The number of nitrogens with two attached hydrogens (primary N) is 1. The predicted molar refractivity (Wildman–Crippen MR) is 80.3 cm³/mol. The summed E-state index contributed by atoms with van der Waals surface area (Å²) in [6.07, 6.45) is 2.54. The normalized spacial score (nSPS) is 12.4. The largest absolute Gasteiger partial charge is 0.324 e. The molecule has 1 unspecified atom stereocenters. The van der Waals surface area contributed by atoms with Gasteiger partial charge in [-0.25, -0.2) is 4.39 Å². The van der Waals surface area contributed by atoms with Crippen LogP contribution in [0.15, 0.2) is 47.4 Å². The molecular weight excluding hydrogens is 281 g/mol. The number of thioether (sulfide) groups is 1. The molecule has 0 saturated carbocycles. The Balaban J connectivity index is 2.26. The van der Waals surface area contributed by atoms with Gasteiger partial charge in [-0.3, -0.25) is 0 Å². The summed E-state index contributed by atoms with van der Waals surface area (Å²) in [4.78, 5) is 1.14. The van der Waals surface area contributed by atoms with Gasteiger partial charge in [-0.1, -0.05) is 41.9 Å². The number of hydrogen-bond acceptors (Lipinski definition) is 2. The molecule has 0 spiro atoms. The lowest BCUT2D eigenvalue weighted by Gasteiger charge is -2.16. The summed E-state index contributed by atoms with van der Waals surface area (Å²) in [5.41, 5.74) is 8.03. The third-order valence-electron chi connectivity index (χ3n) is 3.01. The minimum Gasteiger partial charge on any atom is -0.324 e. The molecule has 0 aliphatic carbocycles. The van der Waals surface area contributed by atoms with Gasteiger partial charge in [0, 0.05) is 10.9 Å². The molecule has 0 fully saturated rings. The highest BCUT2D eigenvalue weighted by molar-refractivity contribution is 7.98. The van der Waals surface area contributed by atoms with E-state index in [0.717, 1.165) is 16.0 Å². The summed E-state index contributed by atoms with van der Waals surface area (Å²) in [7, 11) is 0. The smallest absolute Gasteiger partial charge is 0.142 e. The number of rotatable bonds is 4. The molecule has 2 rings (SSSR count). The quantitative estimate of drug-likeness (QED) is 0.844. The first-order valence-electron chi connectivity index (χ1n) is 5.95. The van der Waals surface area contributed by atoms with Crippen LogP contribution in [0.3, 0.4) is 0 Å². The van der Waals surface area contributed by atoms with Gasteiger partial charge >= 0.3 is 0 Å². The van der Waals surface area contributed by atoms with Crippen molar-refractivity contribution in [2.75, 3.05) is 6.26 Å². The zero-order valence-electron chi connectivity index (χ0n) is 10.6. The molecule has 0 aliphatic rings. The Bertz CT molecular complexity index is 574. The molecule has 2 aromatic rings. The molecule has 0 bridgehead atoms. The highest BCUT2D eigenvalue weighted by Crippen LogP contribution is 2.29. The molecule has 1 nitrogen and oxygen atoms in total. The molecule has 1 atom stereocenters. The van der Waals surface area contributed by atoms with E-state index < -0.39 is 5.82 Å². The number of hydrogen-bond donors (Lipinski definition) is 1. The number of benzene rings is 2. The molecule has 2 aromatic carbocycles. The van der Waals surface area contributed by atoms with Gasteiger partial charge in [0.25, 0.3) is 0 Å². The van der Waals surface area contributed by atoms with Crippen molar-refractivity contribution in [1.29, 1.82) is 0 Å². The van der Waals surface area contributed by atoms with Crippen molar-refractivity contribution < 1.29 is 4.39 Å². The van der Waals surface area contributed by atoms with Gasteiger partial charge in [0.2, 0.25) is 0 Å². The van der Waals surface area contributed by atoms with Gasteiger partial charge in [0.05, 0.1) is 5.02 Å². The Labute approximate surface area is 122 Å². The SMILES string of the molecule is CSc1ccccc1C(N)Cc1cccc(F)c1Cl. The molecular formula is C15H15ClFNS. The van der Waals surface area contributed by atoms with Gasteiger partial charge in [0.1, 0.15) is 5.82 Å². The van der Waals surface area contributed by atoms with Crippen molar-refractivity contribution in [1.82, 2.24) is 0 Å². The summed E-state index contributed by atoms with van der Waals surface area (Å²) in [6, 6.07) is 12.6. The summed E-state index contributed by atoms with van der Waals surface area (Å²) < 4.78 is 13.4. The van der Waals surface area contributed by atoms with Crippen LogP contribution in [-0.4, -0.2) is 6.26 Å². The molecule has 0 heterocycles. The third-order valence-corrected chi connectivity index (χ3v) is 4.24. The fraction of sp³-hybridized carbons (Fsp3) is 0.200. The van der Waals surface area contributed by atoms with Gasteiger partial charge in [-0.2, -0.15) is 0 Å².